The second-order valence-electron chi connectivity index (χ2n) is 6.80. The first-order valence-electron chi connectivity index (χ1n) is 9.78. The Labute approximate surface area is 176 Å². The Morgan fingerprint density at radius 1 is 1.07 bits per heavy atom. The summed E-state index contributed by atoms with van der Waals surface area (Å²) in [6.07, 6.45) is 4.53. The number of aromatic nitrogens is 2. The molecule has 7 nitrogen and oxygen atoms in total. The van der Waals surface area contributed by atoms with Crippen molar-refractivity contribution in [2.45, 2.75) is 18.9 Å². The molecule has 0 fully saturated rings. The van der Waals surface area contributed by atoms with Gasteiger partial charge < -0.3 is 24.1 Å². The van der Waals surface area contributed by atoms with E-state index in [-0.39, 0.29) is 11.9 Å². The molecular formula is C23H27N3O4. The third kappa shape index (κ3) is 5.53. The predicted molar refractivity (Wildman–Crippen MR) is 114 cm³/mol. The van der Waals surface area contributed by atoms with Gasteiger partial charge in [-0.05, 0) is 48.4 Å². The van der Waals surface area contributed by atoms with Gasteiger partial charge in [-0.25, -0.2) is 4.98 Å². The van der Waals surface area contributed by atoms with Crippen LogP contribution in [0.5, 0.6) is 17.2 Å². The van der Waals surface area contributed by atoms with Crippen LogP contribution in [0.3, 0.4) is 0 Å². The number of imidazole rings is 1. The molecule has 0 aliphatic heterocycles. The Balaban J connectivity index is 1.58. The molecule has 1 amide bonds. The summed E-state index contributed by atoms with van der Waals surface area (Å²) in [6.45, 7) is 0.450. The van der Waals surface area contributed by atoms with Crippen LogP contribution in [-0.4, -0.2) is 36.3 Å². The van der Waals surface area contributed by atoms with Crippen LogP contribution in [0.15, 0.2) is 60.9 Å². The summed E-state index contributed by atoms with van der Waals surface area (Å²) in [5.74, 6) is 2.95. The van der Waals surface area contributed by atoms with Crippen LogP contribution < -0.4 is 19.5 Å². The van der Waals surface area contributed by atoms with Crippen molar-refractivity contribution < 1.29 is 19.0 Å². The molecule has 0 saturated carbocycles. The van der Waals surface area contributed by atoms with Gasteiger partial charge in [0, 0.05) is 25.9 Å². The predicted octanol–water partition coefficient (Wildman–Crippen LogP) is 3.50. The summed E-state index contributed by atoms with van der Waals surface area (Å²) in [5, 5.41) is 3.09. The van der Waals surface area contributed by atoms with Gasteiger partial charge in [0.15, 0.2) is 0 Å². The molecule has 0 aliphatic carbocycles. The standard InChI is InChI=1S/C23H27N3O4/c1-26-14-13-24-23(26)22(17-6-4-7-20(16-17)29-3)25-21(27)8-5-15-30-19-11-9-18(28-2)10-12-19/h4,6-7,9-14,16,22H,5,8,15H2,1-3H3,(H,25,27). The Morgan fingerprint density at radius 2 is 1.80 bits per heavy atom. The van der Waals surface area contributed by atoms with Gasteiger partial charge in [0.25, 0.3) is 0 Å². The van der Waals surface area contributed by atoms with Crippen molar-refractivity contribution in [2.24, 2.45) is 7.05 Å². The number of carbonyl (C=O) groups is 1. The van der Waals surface area contributed by atoms with Crippen molar-refractivity contribution >= 4 is 5.91 Å². The van der Waals surface area contributed by atoms with Gasteiger partial charge in [0.1, 0.15) is 29.1 Å². The van der Waals surface area contributed by atoms with E-state index in [1.165, 1.54) is 0 Å². The first kappa shape index (κ1) is 21.2. The maximum atomic E-state index is 12.6. The van der Waals surface area contributed by atoms with Crippen molar-refractivity contribution in [2.75, 3.05) is 20.8 Å². The smallest absolute Gasteiger partial charge is 0.220 e. The second kappa shape index (κ2) is 10.3. The summed E-state index contributed by atoms with van der Waals surface area (Å²) in [7, 11) is 5.15. The Hall–Kier alpha value is -3.48. The minimum atomic E-state index is -0.366. The number of benzene rings is 2. The molecule has 1 heterocycles. The molecule has 30 heavy (non-hydrogen) atoms. The van der Waals surface area contributed by atoms with E-state index >= 15 is 0 Å². The van der Waals surface area contributed by atoms with Gasteiger partial charge in [-0.15, -0.1) is 0 Å². The van der Waals surface area contributed by atoms with Gasteiger partial charge in [-0.3, -0.25) is 4.79 Å². The number of hydrogen-bond donors (Lipinski definition) is 1. The molecule has 3 aromatic rings. The maximum absolute atomic E-state index is 12.6. The Morgan fingerprint density at radius 3 is 2.47 bits per heavy atom. The van der Waals surface area contributed by atoms with Crippen molar-refractivity contribution in [1.82, 2.24) is 14.9 Å². The van der Waals surface area contributed by atoms with Crippen molar-refractivity contribution in [3.05, 3.63) is 72.3 Å². The zero-order valence-corrected chi connectivity index (χ0v) is 17.5. The first-order valence-corrected chi connectivity index (χ1v) is 9.78. The number of aryl methyl sites for hydroxylation is 1. The summed E-state index contributed by atoms with van der Waals surface area (Å²) >= 11 is 0. The van der Waals surface area contributed by atoms with Gasteiger partial charge in [0.05, 0.1) is 20.8 Å². The van der Waals surface area contributed by atoms with Crippen molar-refractivity contribution in [3.63, 3.8) is 0 Å². The molecule has 158 valence electrons. The van der Waals surface area contributed by atoms with E-state index in [4.69, 9.17) is 14.2 Å². The molecule has 1 N–H and O–H groups in total. The van der Waals surface area contributed by atoms with E-state index in [9.17, 15) is 4.79 Å². The van der Waals surface area contributed by atoms with E-state index in [0.29, 0.717) is 19.4 Å². The zero-order chi connectivity index (χ0) is 21.3. The minimum Gasteiger partial charge on any atom is -0.497 e. The van der Waals surface area contributed by atoms with Gasteiger partial charge in [0.2, 0.25) is 5.91 Å². The lowest BCUT2D eigenvalue weighted by Gasteiger charge is -2.20. The molecule has 0 bridgehead atoms. The van der Waals surface area contributed by atoms with Crippen LogP contribution in [0, 0.1) is 0 Å². The Bertz CT molecular complexity index is 953. The molecule has 0 spiro atoms. The number of methoxy groups -OCH3 is 2. The lowest BCUT2D eigenvalue weighted by atomic mass is 10.1. The van der Waals surface area contributed by atoms with Crippen molar-refractivity contribution in [1.29, 1.82) is 0 Å². The molecule has 1 aromatic heterocycles. The zero-order valence-electron chi connectivity index (χ0n) is 17.5. The monoisotopic (exact) mass is 409 g/mol. The summed E-state index contributed by atoms with van der Waals surface area (Å²) < 4.78 is 18.1. The van der Waals surface area contributed by atoms with E-state index in [0.717, 1.165) is 28.6 Å². The fourth-order valence-electron chi connectivity index (χ4n) is 3.10. The number of ether oxygens (including phenoxy) is 3. The van der Waals surface area contributed by atoms with Crippen LogP contribution in [-0.2, 0) is 11.8 Å². The molecule has 7 heteroatoms. The second-order valence-corrected chi connectivity index (χ2v) is 6.80. The van der Waals surface area contributed by atoms with Crippen molar-refractivity contribution in [3.8, 4) is 17.2 Å². The SMILES string of the molecule is COc1ccc(OCCCC(=O)NC(c2cccc(OC)c2)c2nccn2C)cc1. The molecule has 3 rings (SSSR count). The lowest BCUT2D eigenvalue weighted by Crippen LogP contribution is -2.31. The van der Waals surface area contributed by atoms with E-state index < -0.39 is 0 Å². The van der Waals surface area contributed by atoms with E-state index in [1.54, 1.807) is 20.4 Å². The highest BCUT2D eigenvalue weighted by Gasteiger charge is 2.21. The highest BCUT2D eigenvalue weighted by molar-refractivity contribution is 5.76. The molecule has 0 saturated heterocycles. The normalized spacial score (nSPS) is 11.6. The number of hydrogen-bond acceptors (Lipinski definition) is 5. The van der Waals surface area contributed by atoms with E-state index in [2.05, 4.69) is 10.3 Å². The quantitative estimate of drug-likeness (QED) is 0.519. The van der Waals surface area contributed by atoms with Crippen LogP contribution in [0.2, 0.25) is 0 Å². The largest absolute Gasteiger partial charge is 0.497 e. The number of nitrogens with one attached hydrogen (secondary N) is 1. The Kier molecular flexibility index (Phi) is 7.32. The highest BCUT2D eigenvalue weighted by Crippen LogP contribution is 2.24. The molecule has 1 atom stereocenters. The summed E-state index contributed by atoms with van der Waals surface area (Å²) in [4.78, 5) is 17.1. The number of nitrogens with zero attached hydrogens (tertiary/aromatic N) is 2. The molecule has 1 unspecified atom stereocenters. The molecule has 0 radical (unpaired) electrons. The fraction of sp³-hybridized carbons (Fsp3) is 0.304. The van der Waals surface area contributed by atoms with Crippen LogP contribution in [0.25, 0.3) is 0 Å². The first-order chi connectivity index (χ1) is 14.6. The average Bonchev–Trinajstić information content (AvgIpc) is 3.21. The highest BCUT2D eigenvalue weighted by atomic mass is 16.5. The molecule has 0 aliphatic rings. The summed E-state index contributed by atoms with van der Waals surface area (Å²) in [6, 6.07) is 14.6. The summed E-state index contributed by atoms with van der Waals surface area (Å²) in [5.41, 5.74) is 0.909. The van der Waals surface area contributed by atoms with Gasteiger partial charge in [-0.2, -0.15) is 0 Å². The van der Waals surface area contributed by atoms with Crippen LogP contribution in [0.1, 0.15) is 30.3 Å². The topological polar surface area (TPSA) is 74.6 Å². The van der Waals surface area contributed by atoms with Crippen LogP contribution in [0.4, 0.5) is 0 Å². The number of carbonyl (C=O) groups excluding carboxylic acids is 1. The molecular weight excluding hydrogens is 382 g/mol. The number of rotatable bonds is 10. The maximum Gasteiger partial charge on any atom is 0.220 e. The number of amides is 1. The van der Waals surface area contributed by atoms with Crippen LogP contribution >= 0.6 is 0 Å². The molecule has 2 aromatic carbocycles. The van der Waals surface area contributed by atoms with Gasteiger partial charge in [-0.1, -0.05) is 12.1 Å². The average molecular weight is 409 g/mol. The lowest BCUT2D eigenvalue weighted by molar-refractivity contribution is -0.121. The fourth-order valence-corrected chi connectivity index (χ4v) is 3.10. The third-order valence-corrected chi connectivity index (χ3v) is 4.73. The van der Waals surface area contributed by atoms with E-state index in [1.807, 2.05) is 66.3 Å². The minimum absolute atomic E-state index is 0.0656. The third-order valence-electron chi connectivity index (χ3n) is 4.73. The van der Waals surface area contributed by atoms with Gasteiger partial charge >= 0.3 is 0 Å².